The number of rotatable bonds is 9. The minimum absolute atomic E-state index is 0.0289. The van der Waals surface area contributed by atoms with Crippen molar-refractivity contribution in [3.05, 3.63) is 42.0 Å². The van der Waals surface area contributed by atoms with Crippen molar-refractivity contribution in [3.8, 4) is 0 Å². The topological polar surface area (TPSA) is 110 Å². The maximum atomic E-state index is 13.4. The van der Waals surface area contributed by atoms with Crippen LogP contribution in [0.1, 0.15) is 56.8 Å². The molecule has 1 saturated carbocycles. The number of aliphatic hydroxyl groups is 2. The summed E-state index contributed by atoms with van der Waals surface area (Å²) in [5, 5.41) is 25.0. The quantitative estimate of drug-likeness (QED) is 0.331. The number of nitrogens with zero attached hydrogens (tertiary/aromatic N) is 2. The molecule has 190 valence electrons. The van der Waals surface area contributed by atoms with Gasteiger partial charge in [-0.25, -0.2) is 4.98 Å². The number of piperidine rings is 1. The summed E-state index contributed by atoms with van der Waals surface area (Å²) in [4.78, 5) is 21.4. The van der Waals surface area contributed by atoms with E-state index in [2.05, 4.69) is 41.0 Å². The third kappa shape index (κ3) is 6.88. The van der Waals surface area contributed by atoms with Crippen molar-refractivity contribution in [1.29, 1.82) is 0 Å². The predicted molar refractivity (Wildman–Crippen MR) is 142 cm³/mol. The van der Waals surface area contributed by atoms with Crippen LogP contribution in [0.15, 0.2) is 41.3 Å². The summed E-state index contributed by atoms with van der Waals surface area (Å²) < 4.78 is 3.39. The fourth-order valence-electron chi connectivity index (χ4n) is 4.22. The van der Waals surface area contributed by atoms with Crippen LogP contribution < -0.4 is 20.3 Å². The first kappa shape index (κ1) is 25.8. The van der Waals surface area contributed by atoms with Crippen LogP contribution in [0.5, 0.6) is 0 Å². The van der Waals surface area contributed by atoms with Gasteiger partial charge in [0, 0.05) is 29.2 Å². The second-order valence-electron chi connectivity index (χ2n) is 10.7. The minimum atomic E-state index is -0.506. The largest absolute Gasteiger partial charge is 0.394 e. The van der Waals surface area contributed by atoms with Crippen molar-refractivity contribution < 1.29 is 15.0 Å². The van der Waals surface area contributed by atoms with Crippen molar-refractivity contribution in [2.45, 2.75) is 62.9 Å². The van der Waals surface area contributed by atoms with Gasteiger partial charge in [-0.15, -0.1) is 0 Å². The number of aromatic nitrogens is 1. The average Bonchev–Trinajstić information content (AvgIpc) is 3.60. The number of carbonyl (C=O) groups excluding carboxylic acids is 1. The van der Waals surface area contributed by atoms with E-state index in [1.54, 1.807) is 12.1 Å². The molecule has 5 N–H and O–H groups in total. The molecule has 1 aliphatic carbocycles. The summed E-state index contributed by atoms with van der Waals surface area (Å²) in [6, 6.07) is 10.8. The van der Waals surface area contributed by atoms with Crippen molar-refractivity contribution >= 4 is 35.2 Å². The summed E-state index contributed by atoms with van der Waals surface area (Å²) in [7, 11) is 0. The van der Waals surface area contributed by atoms with Gasteiger partial charge in [0.2, 0.25) is 0 Å². The van der Waals surface area contributed by atoms with Crippen LogP contribution in [0, 0.1) is 5.41 Å². The van der Waals surface area contributed by atoms with Gasteiger partial charge in [0.05, 0.1) is 24.8 Å². The molecule has 0 bridgehead atoms. The summed E-state index contributed by atoms with van der Waals surface area (Å²) in [5.74, 6) is 0.957. The monoisotopic (exact) mass is 499 g/mol. The van der Waals surface area contributed by atoms with E-state index in [0.29, 0.717) is 22.6 Å². The van der Waals surface area contributed by atoms with E-state index in [1.165, 1.54) is 24.8 Å². The number of amides is 1. The van der Waals surface area contributed by atoms with E-state index in [0.717, 1.165) is 36.5 Å². The lowest BCUT2D eigenvalue weighted by Crippen LogP contribution is -2.36. The molecule has 1 spiro atoms. The van der Waals surface area contributed by atoms with Crippen LogP contribution in [-0.2, 0) is 0 Å². The van der Waals surface area contributed by atoms with Crippen LogP contribution >= 0.6 is 11.9 Å². The lowest BCUT2D eigenvalue weighted by molar-refractivity contribution is 0.102. The Balaban J connectivity index is 1.53. The molecule has 1 aromatic carbocycles. The Morgan fingerprint density at radius 3 is 2.46 bits per heavy atom. The van der Waals surface area contributed by atoms with Crippen LogP contribution in [-0.4, -0.2) is 59.0 Å². The zero-order valence-electron chi connectivity index (χ0n) is 20.8. The number of hydrogen-bond acceptors (Lipinski definition) is 8. The van der Waals surface area contributed by atoms with Gasteiger partial charge in [-0.3, -0.25) is 9.52 Å². The molecule has 1 amide bonds. The van der Waals surface area contributed by atoms with Crippen molar-refractivity contribution in [3.63, 3.8) is 0 Å². The maximum Gasteiger partial charge on any atom is 0.259 e. The maximum absolute atomic E-state index is 13.4. The van der Waals surface area contributed by atoms with Crippen molar-refractivity contribution in [1.82, 2.24) is 9.71 Å². The van der Waals surface area contributed by atoms with Crippen molar-refractivity contribution in [2.24, 2.45) is 5.41 Å². The third-order valence-corrected chi connectivity index (χ3v) is 7.76. The van der Waals surface area contributed by atoms with Gasteiger partial charge >= 0.3 is 0 Å². The summed E-state index contributed by atoms with van der Waals surface area (Å²) in [5.41, 5.74) is 1.71. The lowest BCUT2D eigenvalue weighted by Gasteiger charge is -2.34. The molecule has 2 aromatic rings. The highest BCUT2D eigenvalue weighted by Gasteiger charge is 2.45. The SMILES string of the molecule is CC(C)(C)NSc1cccc(NC(=O)c2ccc(NC(CO)CO)nc2N2CCC3(CC2)CC3)c1. The fourth-order valence-corrected chi connectivity index (χ4v) is 4.98. The van der Waals surface area contributed by atoms with Crippen LogP contribution in [0.4, 0.5) is 17.3 Å². The molecule has 8 nitrogen and oxygen atoms in total. The van der Waals surface area contributed by atoms with E-state index in [1.807, 2.05) is 24.3 Å². The molecule has 1 aromatic heterocycles. The number of pyridine rings is 1. The summed E-state index contributed by atoms with van der Waals surface area (Å²) in [6.07, 6.45) is 4.83. The van der Waals surface area contributed by atoms with E-state index >= 15 is 0 Å². The van der Waals surface area contributed by atoms with Gasteiger partial charge in [-0.2, -0.15) is 0 Å². The van der Waals surface area contributed by atoms with E-state index in [9.17, 15) is 15.0 Å². The Labute approximate surface area is 212 Å². The van der Waals surface area contributed by atoms with Crippen LogP contribution in [0.2, 0.25) is 0 Å². The Morgan fingerprint density at radius 2 is 1.83 bits per heavy atom. The highest BCUT2D eigenvalue weighted by molar-refractivity contribution is 7.97. The lowest BCUT2D eigenvalue weighted by atomic mass is 9.93. The summed E-state index contributed by atoms with van der Waals surface area (Å²) >= 11 is 1.54. The van der Waals surface area contributed by atoms with Gasteiger partial charge < -0.3 is 25.7 Å². The average molecular weight is 500 g/mol. The van der Waals surface area contributed by atoms with Gasteiger partial charge in [-0.05, 0) is 94.1 Å². The first-order valence-corrected chi connectivity index (χ1v) is 13.1. The predicted octanol–water partition coefficient (Wildman–Crippen LogP) is 3.87. The van der Waals surface area contributed by atoms with E-state index in [-0.39, 0.29) is 24.7 Å². The van der Waals surface area contributed by atoms with Gasteiger partial charge in [0.1, 0.15) is 11.6 Å². The molecular formula is C26H37N5O3S. The first-order chi connectivity index (χ1) is 16.7. The van der Waals surface area contributed by atoms with E-state index < -0.39 is 6.04 Å². The Morgan fingerprint density at radius 1 is 1.11 bits per heavy atom. The number of benzene rings is 1. The molecule has 1 aliphatic heterocycles. The molecule has 0 atom stereocenters. The Bertz CT molecular complexity index is 1020. The standard InChI is InChI=1S/C26H37N5O3S/c1-25(2,3)30-35-20-6-4-5-18(15-20)28-24(34)21-7-8-22(27-19(16-32)17-33)29-23(21)31-13-11-26(9-10-26)12-14-31/h4-8,15,19,30,32-33H,9-14,16-17H2,1-3H3,(H,27,29)(H,28,34). The third-order valence-electron chi connectivity index (χ3n) is 6.56. The van der Waals surface area contributed by atoms with E-state index in [4.69, 9.17) is 4.98 Å². The highest BCUT2D eigenvalue weighted by atomic mass is 32.2. The van der Waals surface area contributed by atoms with Gasteiger partial charge in [0.15, 0.2) is 0 Å². The van der Waals surface area contributed by atoms with Gasteiger partial charge in [-0.1, -0.05) is 6.07 Å². The molecule has 0 radical (unpaired) electrons. The molecule has 2 fully saturated rings. The second-order valence-corrected chi connectivity index (χ2v) is 11.6. The Kier molecular flexibility index (Phi) is 7.90. The first-order valence-electron chi connectivity index (χ1n) is 12.3. The zero-order valence-corrected chi connectivity index (χ0v) is 21.6. The Hall–Kier alpha value is -2.33. The molecule has 2 heterocycles. The van der Waals surface area contributed by atoms with Crippen LogP contribution in [0.3, 0.4) is 0 Å². The smallest absolute Gasteiger partial charge is 0.259 e. The molecular weight excluding hydrogens is 462 g/mol. The van der Waals surface area contributed by atoms with Crippen molar-refractivity contribution in [2.75, 3.05) is 41.8 Å². The molecule has 4 rings (SSSR count). The molecule has 35 heavy (non-hydrogen) atoms. The highest BCUT2D eigenvalue weighted by Crippen LogP contribution is 2.54. The minimum Gasteiger partial charge on any atom is -0.394 e. The molecule has 1 saturated heterocycles. The zero-order chi connectivity index (χ0) is 25.1. The molecule has 9 heteroatoms. The normalized spacial score (nSPS) is 17.0. The number of aliphatic hydroxyl groups excluding tert-OH is 2. The molecule has 2 aliphatic rings. The fraction of sp³-hybridized carbons (Fsp3) is 0.538. The number of anilines is 3. The molecule has 0 unspecified atom stereocenters. The number of nitrogens with one attached hydrogen (secondary N) is 3. The van der Waals surface area contributed by atoms with Gasteiger partial charge in [0.25, 0.3) is 5.91 Å². The number of carbonyl (C=O) groups is 1. The second kappa shape index (κ2) is 10.7. The number of hydrogen-bond donors (Lipinski definition) is 5. The summed E-state index contributed by atoms with van der Waals surface area (Å²) in [6.45, 7) is 7.63. The van der Waals surface area contributed by atoms with Crippen LogP contribution in [0.25, 0.3) is 0 Å².